The number of esters is 1. The van der Waals surface area contributed by atoms with E-state index in [1.54, 1.807) is 12.3 Å². The molecule has 5 nitrogen and oxygen atoms in total. The van der Waals surface area contributed by atoms with E-state index in [1.165, 1.54) is 6.20 Å². The highest BCUT2D eigenvalue weighted by molar-refractivity contribution is 6.48. The molecule has 3 aromatic rings. The van der Waals surface area contributed by atoms with Gasteiger partial charge in [0.2, 0.25) is 5.78 Å². The molecule has 0 unspecified atom stereocenters. The Hall–Kier alpha value is -2.08. The first-order valence-electron chi connectivity index (χ1n) is 6.75. The van der Waals surface area contributed by atoms with E-state index in [0.717, 1.165) is 10.9 Å². The molecule has 0 fully saturated rings. The number of halogens is 3. The van der Waals surface area contributed by atoms with Crippen LogP contribution in [0.4, 0.5) is 0 Å². The van der Waals surface area contributed by atoms with E-state index in [0.29, 0.717) is 5.56 Å². The van der Waals surface area contributed by atoms with Crippen LogP contribution in [0.2, 0.25) is 15.1 Å². The molecule has 0 spiro atoms. The highest BCUT2D eigenvalue weighted by Crippen LogP contribution is 2.31. The number of rotatable bonds is 4. The summed E-state index contributed by atoms with van der Waals surface area (Å²) in [6.45, 7) is -0.446. The van der Waals surface area contributed by atoms with E-state index in [-0.39, 0.29) is 26.5 Å². The van der Waals surface area contributed by atoms with Gasteiger partial charge in [-0.05, 0) is 6.07 Å². The molecule has 2 heterocycles. The molecule has 0 aliphatic rings. The molecular formula is C16H9Cl3N2O3. The van der Waals surface area contributed by atoms with Gasteiger partial charge in [0, 0.05) is 28.9 Å². The number of hydrogen-bond acceptors (Lipinski definition) is 4. The molecule has 24 heavy (non-hydrogen) atoms. The van der Waals surface area contributed by atoms with Crippen LogP contribution < -0.4 is 0 Å². The maximum absolute atomic E-state index is 12.3. The zero-order chi connectivity index (χ0) is 17.3. The maximum Gasteiger partial charge on any atom is 0.358 e. The van der Waals surface area contributed by atoms with Crippen molar-refractivity contribution < 1.29 is 14.3 Å². The van der Waals surface area contributed by atoms with Gasteiger partial charge in [-0.1, -0.05) is 53.0 Å². The highest BCUT2D eigenvalue weighted by Gasteiger charge is 2.20. The Kier molecular flexibility index (Phi) is 4.76. The van der Waals surface area contributed by atoms with Gasteiger partial charge in [-0.3, -0.25) is 4.79 Å². The minimum atomic E-state index is -0.855. The molecule has 8 heteroatoms. The Morgan fingerprint density at radius 3 is 2.67 bits per heavy atom. The summed E-state index contributed by atoms with van der Waals surface area (Å²) in [5.74, 6) is -1.20. The number of nitrogens with one attached hydrogen (secondary N) is 1. The lowest BCUT2D eigenvalue weighted by atomic mass is 10.1. The number of Topliss-reactive ketones (excluding diaryl/α,β-unsaturated/α-hetero) is 1. The average Bonchev–Trinajstić information content (AvgIpc) is 3.01. The Morgan fingerprint density at radius 1 is 1.12 bits per heavy atom. The van der Waals surface area contributed by atoms with Gasteiger partial charge < -0.3 is 9.72 Å². The van der Waals surface area contributed by atoms with Crippen molar-refractivity contribution in [3.8, 4) is 0 Å². The largest absolute Gasteiger partial charge is 0.453 e. The quantitative estimate of drug-likeness (QED) is 0.529. The molecule has 0 saturated heterocycles. The second-order valence-electron chi connectivity index (χ2n) is 4.83. The standard InChI is InChI=1S/C16H9Cl3N2O3/c17-10-6-21-15(14(19)13(10)18)16(23)24-7-12(22)9-5-20-11-4-2-1-3-8(9)11/h1-6,20H,7H2. The number of carbonyl (C=O) groups excluding carboxylic acids is 2. The Balaban J connectivity index is 1.75. The summed E-state index contributed by atoms with van der Waals surface area (Å²) < 4.78 is 4.99. The van der Waals surface area contributed by atoms with Crippen LogP contribution >= 0.6 is 34.8 Å². The van der Waals surface area contributed by atoms with Crippen LogP contribution in [0.25, 0.3) is 10.9 Å². The molecular weight excluding hydrogens is 375 g/mol. The number of pyridine rings is 1. The molecule has 2 aromatic heterocycles. The molecule has 1 N–H and O–H groups in total. The third-order valence-electron chi connectivity index (χ3n) is 3.33. The fourth-order valence-corrected chi connectivity index (χ4v) is 2.72. The maximum atomic E-state index is 12.3. The third-order valence-corrected chi connectivity index (χ3v) is 4.58. The number of benzene rings is 1. The summed E-state index contributed by atoms with van der Waals surface area (Å²) in [7, 11) is 0. The van der Waals surface area contributed by atoms with Crippen LogP contribution in [0.1, 0.15) is 20.8 Å². The topological polar surface area (TPSA) is 72.1 Å². The molecule has 122 valence electrons. The Labute approximate surface area is 151 Å². The van der Waals surface area contributed by atoms with Gasteiger partial charge in [0.05, 0.1) is 15.1 Å². The molecule has 0 atom stereocenters. The number of ketones is 1. The van der Waals surface area contributed by atoms with E-state index in [9.17, 15) is 9.59 Å². The van der Waals surface area contributed by atoms with Crippen LogP contribution in [0.15, 0.2) is 36.7 Å². The van der Waals surface area contributed by atoms with Crippen LogP contribution in [0.3, 0.4) is 0 Å². The summed E-state index contributed by atoms with van der Waals surface area (Å²) in [6.07, 6.45) is 2.76. The first-order chi connectivity index (χ1) is 11.5. The first-order valence-corrected chi connectivity index (χ1v) is 7.88. The summed E-state index contributed by atoms with van der Waals surface area (Å²) in [4.78, 5) is 31.1. The molecule has 0 amide bonds. The lowest BCUT2D eigenvalue weighted by Crippen LogP contribution is -2.15. The number of aromatic nitrogens is 2. The van der Waals surface area contributed by atoms with Crippen molar-refractivity contribution in [2.24, 2.45) is 0 Å². The molecule has 0 aliphatic heterocycles. The monoisotopic (exact) mass is 382 g/mol. The average molecular weight is 384 g/mol. The number of carbonyl (C=O) groups is 2. The number of aromatic amines is 1. The number of para-hydroxylation sites is 1. The zero-order valence-corrected chi connectivity index (χ0v) is 14.2. The minimum absolute atomic E-state index is 0.00300. The second-order valence-corrected chi connectivity index (χ2v) is 5.99. The van der Waals surface area contributed by atoms with Crippen molar-refractivity contribution in [3.63, 3.8) is 0 Å². The number of fused-ring (bicyclic) bond motifs is 1. The van der Waals surface area contributed by atoms with Gasteiger partial charge in [-0.15, -0.1) is 0 Å². The van der Waals surface area contributed by atoms with Gasteiger partial charge in [-0.2, -0.15) is 0 Å². The third kappa shape index (κ3) is 3.11. The van der Waals surface area contributed by atoms with Gasteiger partial charge in [0.15, 0.2) is 12.3 Å². The predicted molar refractivity (Wildman–Crippen MR) is 92.2 cm³/mol. The summed E-state index contributed by atoms with van der Waals surface area (Å²) >= 11 is 17.5. The van der Waals surface area contributed by atoms with Crippen molar-refractivity contribution in [1.29, 1.82) is 0 Å². The predicted octanol–water partition coefficient (Wildman–Crippen LogP) is 4.56. The number of ether oxygens (including phenoxy) is 1. The lowest BCUT2D eigenvalue weighted by molar-refractivity contribution is 0.0469. The fourth-order valence-electron chi connectivity index (χ4n) is 2.17. The number of nitrogens with zero attached hydrogens (tertiary/aromatic N) is 1. The van der Waals surface area contributed by atoms with E-state index < -0.39 is 12.6 Å². The van der Waals surface area contributed by atoms with E-state index >= 15 is 0 Å². The highest BCUT2D eigenvalue weighted by atomic mass is 35.5. The normalized spacial score (nSPS) is 10.8. The van der Waals surface area contributed by atoms with Gasteiger partial charge in [0.1, 0.15) is 0 Å². The molecule has 0 radical (unpaired) electrons. The molecule has 3 rings (SSSR count). The summed E-state index contributed by atoms with van der Waals surface area (Å²) in [5.41, 5.74) is 1.06. The van der Waals surface area contributed by atoms with Crippen molar-refractivity contribution in [3.05, 3.63) is 63.0 Å². The molecule has 1 aromatic carbocycles. The summed E-state index contributed by atoms with van der Waals surface area (Å²) in [6, 6.07) is 7.32. The summed E-state index contributed by atoms with van der Waals surface area (Å²) in [5, 5.41) is 0.759. The van der Waals surface area contributed by atoms with Gasteiger partial charge in [0.25, 0.3) is 0 Å². The first kappa shape index (κ1) is 16.8. The van der Waals surface area contributed by atoms with E-state index in [1.807, 2.05) is 18.2 Å². The van der Waals surface area contributed by atoms with Crippen LogP contribution in [0, 0.1) is 0 Å². The van der Waals surface area contributed by atoms with Crippen LogP contribution in [-0.4, -0.2) is 28.3 Å². The Morgan fingerprint density at radius 2 is 1.88 bits per heavy atom. The van der Waals surface area contributed by atoms with Crippen molar-refractivity contribution >= 4 is 57.5 Å². The lowest BCUT2D eigenvalue weighted by Gasteiger charge is -2.06. The van der Waals surface area contributed by atoms with E-state index in [4.69, 9.17) is 39.5 Å². The smallest absolute Gasteiger partial charge is 0.358 e. The SMILES string of the molecule is O=C(OCC(=O)c1c[nH]c2ccccc12)c1ncc(Cl)c(Cl)c1Cl. The Bertz CT molecular complexity index is 953. The molecule has 0 aliphatic carbocycles. The van der Waals surface area contributed by atoms with Gasteiger partial charge >= 0.3 is 5.97 Å². The molecule has 0 bridgehead atoms. The number of hydrogen-bond donors (Lipinski definition) is 1. The molecule has 0 saturated carbocycles. The minimum Gasteiger partial charge on any atom is -0.453 e. The van der Waals surface area contributed by atoms with E-state index in [2.05, 4.69) is 9.97 Å². The second kappa shape index (κ2) is 6.81. The van der Waals surface area contributed by atoms with Crippen LogP contribution in [0.5, 0.6) is 0 Å². The van der Waals surface area contributed by atoms with Gasteiger partial charge in [-0.25, -0.2) is 9.78 Å². The van der Waals surface area contributed by atoms with Crippen molar-refractivity contribution in [2.75, 3.05) is 6.61 Å². The van der Waals surface area contributed by atoms with Crippen molar-refractivity contribution in [1.82, 2.24) is 9.97 Å². The fraction of sp³-hybridized carbons (Fsp3) is 0.0625. The van der Waals surface area contributed by atoms with Crippen LogP contribution in [-0.2, 0) is 4.74 Å². The number of H-pyrrole nitrogens is 1. The zero-order valence-electron chi connectivity index (χ0n) is 12.0. The van der Waals surface area contributed by atoms with Crippen molar-refractivity contribution in [2.45, 2.75) is 0 Å².